The number of carbonyl (C=O) groups is 4. The van der Waals surface area contributed by atoms with Gasteiger partial charge in [0.05, 0.1) is 20.9 Å². The lowest BCUT2D eigenvalue weighted by molar-refractivity contribution is -0.0167. The predicted octanol–water partition coefficient (Wildman–Crippen LogP) is 4.30. The molecule has 244 valence electrons. The Hall–Kier alpha value is -5.74. The lowest BCUT2D eigenvalue weighted by Crippen LogP contribution is -2.34. The maximum atomic E-state index is 12.5. The number of urea groups is 2. The molecule has 0 unspecified atom stereocenters. The molecule has 0 aliphatic carbocycles. The summed E-state index contributed by atoms with van der Waals surface area (Å²) in [5.74, 6) is -1.84. The molecule has 0 fully saturated rings. The standard InChI is InChI=1S/C31H28N4O10S2/c1-20-9-13-26(14-10-20)46(40,41)34-30(38)32-24-7-3-5-22(17-24)28(36)44-19-45-29(37)23-6-4-8-25(18-23)33-31(39)35-47(42,43)27-15-11-21(2)12-16-27/h3-18H,19H2,1-2H3,(H2,32,34,38)(H2,33,35,39). The van der Waals surface area contributed by atoms with E-state index in [2.05, 4.69) is 10.6 Å². The van der Waals surface area contributed by atoms with E-state index in [1.54, 1.807) is 38.1 Å². The molecule has 0 aromatic heterocycles. The average molecular weight is 681 g/mol. The van der Waals surface area contributed by atoms with Crippen LogP contribution in [0.2, 0.25) is 0 Å². The Morgan fingerprint density at radius 1 is 0.553 bits per heavy atom. The van der Waals surface area contributed by atoms with Gasteiger partial charge in [0.25, 0.3) is 20.0 Å². The zero-order valence-corrected chi connectivity index (χ0v) is 26.5. The van der Waals surface area contributed by atoms with Crippen LogP contribution in [0.25, 0.3) is 0 Å². The largest absolute Gasteiger partial charge is 0.424 e. The number of sulfonamides is 2. The number of hydrogen-bond acceptors (Lipinski definition) is 10. The van der Waals surface area contributed by atoms with E-state index in [1.165, 1.54) is 72.8 Å². The van der Waals surface area contributed by atoms with Gasteiger partial charge >= 0.3 is 24.0 Å². The highest BCUT2D eigenvalue weighted by atomic mass is 32.2. The summed E-state index contributed by atoms with van der Waals surface area (Å²) < 4.78 is 63.5. The summed E-state index contributed by atoms with van der Waals surface area (Å²) in [6.45, 7) is 2.77. The smallest absolute Gasteiger partial charge is 0.341 e. The maximum Gasteiger partial charge on any atom is 0.341 e. The fourth-order valence-corrected chi connectivity index (χ4v) is 5.68. The van der Waals surface area contributed by atoms with Crippen LogP contribution in [0.3, 0.4) is 0 Å². The number of rotatable bonds is 10. The second-order valence-corrected chi connectivity index (χ2v) is 13.3. The summed E-state index contributed by atoms with van der Waals surface area (Å²) in [4.78, 5) is 49.4. The molecule has 0 radical (unpaired) electrons. The molecule has 0 spiro atoms. The molecule has 0 saturated carbocycles. The van der Waals surface area contributed by atoms with Crippen molar-refractivity contribution in [2.45, 2.75) is 23.6 Å². The molecule has 0 heterocycles. The van der Waals surface area contributed by atoms with Crippen LogP contribution in [0.1, 0.15) is 31.8 Å². The van der Waals surface area contributed by atoms with Crippen molar-refractivity contribution in [1.29, 1.82) is 0 Å². The van der Waals surface area contributed by atoms with Gasteiger partial charge in [0.15, 0.2) is 0 Å². The van der Waals surface area contributed by atoms with Gasteiger partial charge in [-0.05, 0) is 74.5 Å². The molecule has 4 aromatic carbocycles. The number of esters is 2. The fourth-order valence-electron chi connectivity index (χ4n) is 3.86. The van der Waals surface area contributed by atoms with Crippen molar-refractivity contribution in [1.82, 2.24) is 9.44 Å². The summed E-state index contributed by atoms with van der Waals surface area (Å²) in [7, 11) is -8.29. The van der Waals surface area contributed by atoms with Crippen molar-refractivity contribution in [3.63, 3.8) is 0 Å². The molecule has 4 N–H and O–H groups in total. The van der Waals surface area contributed by atoms with E-state index >= 15 is 0 Å². The van der Waals surface area contributed by atoms with E-state index in [-0.39, 0.29) is 32.3 Å². The van der Waals surface area contributed by atoms with Crippen molar-refractivity contribution in [2.75, 3.05) is 17.4 Å². The highest BCUT2D eigenvalue weighted by Gasteiger charge is 2.20. The van der Waals surface area contributed by atoms with E-state index in [4.69, 9.17) is 9.47 Å². The van der Waals surface area contributed by atoms with Gasteiger partial charge in [0, 0.05) is 11.4 Å². The first kappa shape index (κ1) is 34.1. The minimum absolute atomic E-state index is 0.0435. The van der Waals surface area contributed by atoms with Crippen LogP contribution in [0, 0.1) is 13.8 Å². The number of hydrogen-bond donors (Lipinski definition) is 4. The summed E-state index contributed by atoms with van der Waals surface area (Å²) >= 11 is 0. The van der Waals surface area contributed by atoms with Crippen LogP contribution in [0.5, 0.6) is 0 Å². The fraction of sp³-hybridized carbons (Fsp3) is 0.0968. The van der Waals surface area contributed by atoms with Gasteiger partial charge in [0.1, 0.15) is 0 Å². The lowest BCUT2D eigenvalue weighted by Gasteiger charge is -2.11. The molecule has 0 atom stereocenters. The van der Waals surface area contributed by atoms with Gasteiger partial charge in [-0.3, -0.25) is 0 Å². The number of benzene rings is 4. The molecule has 4 aromatic rings. The summed E-state index contributed by atoms with van der Waals surface area (Å²) in [6.07, 6.45) is 0. The van der Waals surface area contributed by atoms with Crippen molar-refractivity contribution in [3.05, 3.63) is 119 Å². The first-order valence-corrected chi connectivity index (χ1v) is 16.5. The van der Waals surface area contributed by atoms with Crippen molar-refractivity contribution >= 4 is 55.4 Å². The first-order chi connectivity index (χ1) is 22.2. The third-order valence-corrected chi connectivity index (χ3v) is 8.90. The monoisotopic (exact) mass is 680 g/mol. The molecule has 14 nitrogen and oxygen atoms in total. The average Bonchev–Trinajstić information content (AvgIpc) is 3.01. The SMILES string of the molecule is Cc1ccc(S(=O)(=O)NC(=O)Nc2cccc(C(=O)OCOC(=O)c3cccc(NC(=O)NS(=O)(=O)c4ccc(C)cc4)c3)c2)cc1. The van der Waals surface area contributed by atoms with Crippen molar-refractivity contribution in [2.24, 2.45) is 0 Å². The third kappa shape index (κ3) is 9.62. The van der Waals surface area contributed by atoms with E-state index < -0.39 is 50.8 Å². The third-order valence-electron chi connectivity index (χ3n) is 6.21. The van der Waals surface area contributed by atoms with Gasteiger partial charge in [-0.1, -0.05) is 47.5 Å². The Morgan fingerprint density at radius 2 is 0.915 bits per heavy atom. The van der Waals surface area contributed by atoms with Crippen LogP contribution in [0.4, 0.5) is 21.0 Å². The molecule has 4 rings (SSSR count). The second kappa shape index (κ2) is 14.6. The lowest BCUT2D eigenvalue weighted by atomic mass is 10.2. The minimum atomic E-state index is -4.14. The molecule has 0 bridgehead atoms. The second-order valence-electron chi connectivity index (χ2n) is 9.89. The molecule has 0 saturated heterocycles. The Balaban J connectivity index is 1.27. The van der Waals surface area contributed by atoms with Crippen LogP contribution in [-0.2, 0) is 29.5 Å². The van der Waals surface area contributed by atoms with Gasteiger partial charge in [-0.2, -0.15) is 0 Å². The Kier molecular flexibility index (Phi) is 10.6. The predicted molar refractivity (Wildman–Crippen MR) is 170 cm³/mol. The summed E-state index contributed by atoms with van der Waals surface area (Å²) in [6, 6.07) is 20.4. The van der Waals surface area contributed by atoms with E-state index in [1.807, 2.05) is 9.44 Å². The van der Waals surface area contributed by atoms with Crippen molar-refractivity contribution < 1.29 is 45.5 Å². The van der Waals surface area contributed by atoms with Crippen molar-refractivity contribution in [3.8, 4) is 0 Å². The van der Waals surface area contributed by atoms with Gasteiger partial charge in [-0.15, -0.1) is 0 Å². The van der Waals surface area contributed by atoms with Gasteiger partial charge in [0.2, 0.25) is 6.79 Å². The van der Waals surface area contributed by atoms with E-state index in [0.717, 1.165) is 11.1 Å². The Morgan fingerprint density at radius 3 is 1.28 bits per heavy atom. The number of ether oxygens (including phenoxy) is 2. The molecular weight excluding hydrogens is 652 g/mol. The topological polar surface area (TPSA) is 203 Å². The zero-order valence-electron chi connectivity index (χ0n) is 24.8. The Labute approximate surface area is 270 Å². The van der Waals surface area contributed by atoms with E-state index in [0.29, 0.717) is 0 Å². The molecule has 16 heteroatoms. The maximum absolute atomic E-state index is 12.5. The highest BCUT2D eigenvalue weighted by molar-refractivity contribution is 7.90. The van der Waals surface area contributed by atoms with Gasteiger partial charge in [-0.25, -0.2) is 45.5 Å². The molecular formula is C31H28N4O10S2. The van der Waals surface area contributed by atoms with Crippen LogP contribution >= 0.6 is 0 Å². The minimum Gasteiger partial charge on any atom is -0.424 e. The van der Waals surface area contributed by atoms with Crippen LogP contribution in [0.15, 0.2) is 107 Å². The number of nitrogens with one attached hydrogen (secondary N) is 4. The number of aryl methyl sites for hydroxylation is 2. The molecule has 4 amide bonds. The number of carbonyl (C=O) groups excluding carboxylic acids is 4. The first-order valence-electron chi connectivity index (χ1n) is 13.6. The Bertz CT molecular complexity index is 1880. The molecule has 0 aliphatic rings. The van der Waals surface area contributed by atoms with Gasteiger partial charge < -0.3 is 20.1 Å². The quantitative estimate of drug-likeness (QED) is 0.138. The number of anilines is 2. The summed E-state index contributed by atoms with van der Waals surface area (Å²) in [5.41, 5.74) is 1.74. The zero-order chi connectivity index (χ0) is 34.2. The number of amides is 4. The summed E-state index contributed by atoms with van der Waals surface area (Å²) in [5, 5.41) is 4.64. The van der Waals surface area contributed by atoms with E-state index in [9.17, 15) is 36.0 Å². The van der Waals surface area contributed by atoms with Crippen LogP contribution in [-0.4, -0.2) is 47.6 Å². The highest BCUT2D eigenvalue weighted by Crippen LogP contribution is 2.16. The normalized spacial score (nSPS) is 11.1. The molecule has 0 aliphatic heterocycles. The van der Waals surface area contributed by atoms with Crippen LogP contribution < -0.4 is 20.1 Å². The molecule has 47 heavy (non-hydrogen) atoms.